The Balaban J connectivity index is 1.13. The van der Waals surface area contributed by atoms with Crippen molar-refractivity contribution in [1.29, 1.82) is 0 Å². The molecule has 2 aromatic heterocycles. The van der Waals surface area contributed by atoms with Crippen LogP contribution in [0.15, 0.2) is 83.3 Å². The second kappa shape index (κ2) is 12.6. The molecule has 0 saturated carbocycles. The minimum absolute atomic E-state index is 0.0271. The third-order valence-corrected chi connectivity index (χ3v) is 9.44. The van der Waals surface area contributed by atoms with Gasteiger partial charge in [0.1, 0.15) is 16.5 Å². The highest BCUT2D eigenvalue weighted by Gasteiger charge is 2.25. The van der Waals surface area contributed by atoms with Crippen molar-refractivity contribution in [3.05, 3.63) is 99.5 Å². The highest BCUT2D eigenvalue weighted by Crippen LogP contribution is 2.33. The SMILES string of the molecule is COc1ccc(N2CCN(C(=O)c3csc(CSc4nnc(-c5ccccc5Cl)n4-c4ccc(C)cc4)n3)CC2)cc1. The molecule has 0 spiro atoms. The molecule has 0 radical (unpaired) electrons. The summed E-state index contributed by atoms with van der Waals surface area (Å²) >= 11 is 9.56. The van der Waals surface area contributed by atoms with E-state index in [4.69, 9.17) is 21.3 Å². The number of carbonyl (C=O) groups is 1. The lowest BCUT2D eigenvalue weighted by atomic mass is 10.2. The molecule has 5 aromatic rings. The molecule has 0 bridgehead atoms. The van der Waals surface area contributed by atoms with Gasteiger partial charge in [0.15, 0.2) is 11.0 Å². The van der Waals surface area contributed by atoms with E-state index < -0.39 is 0 Å². The lowest BCUT2D eigenvalue weighted by molar-refractivity contribution is 0.0741. The van der Waals surface area contributed by atoms with Crippen LogP contribution in [0, 0.1) is 6.92 Å². The number of hydrogen-bond acceptors (Lipinski definition) is 8. The molecule has 6 rings (SSSR count). The Kier molecular flexibility index (Phi) is 8.46. The Labute approximate surface area is 257 Å². The Morgan fingerprint density at radius 3 is 2.38 bits per heavy atom. The first-order valence-electron chi connectivity index (χ1n) is 13.5. The van der Waals surface area contributed by atoms with Gasteiger partial charge in [-0.3, -0.25) is 9.36 Å². The van der Waals surface area contributed by atoms with Crippen molar-refractivity contribution in [2.45, 2.75) is 17.8 Å². The van der Waals surface area contributed by atoms with E-state index in [-0.39, 0.29) is 5.91 Å². The zero-order valence-electron chi connectivity index (χ0n) is 23.2. The van der Waals surface area contributed by atoms with Crippen LogP contribution >= 0.6 is 34.7 Å². The smallest absolute Gasteiger partial charge is 0.273 e. The van der Waals surface area contributed by atoms with Crippen LogP contribution in [0.1, 0.15) is 21.1 Å². The molecular weight excluding hydrogens is 588 g/mol. The molecule has 0 aliphatic carbocycles. The van der Waals surface area contributed by atoms with Gasteiger partial charge in [0, 0.05) is 48.5 Å². The minimum atomic E-state index is -0.0271. The maximum Gasteiger partial charge on any atom is 0.273 e. The summed E-state index contributed by atoms with van der Waals surface area (Å²) in [5, 5.41) is 13.1. The Hall–Kier alpha value is -3.86. The fraction of sp³-hybridized carbons (Fsp3) is 0.226. The van der Waals surface area contributed by atoms with Crippen LogP contribution in [0.3, 0.4) is 0 Å². The normalized spacial score (nSPS) is 13.4. The van der Waals surface area contributed by atoms with Crippen molar-refractivity contribution in [2.24, 2.45) is 0 Å². The molecule has 3 heterocycles. The van der Waals surface area contributed by atoms with Crippen LogP contribution in [0.2, 0.25) is 5.02 Å². The van der Waals surface area contributed by atoms with Crippen LogP contribution in [-0.2, 0) is 5.75 Å². The summed E-state index contributed by atoms with van der Waals surface area (Å²) in [5.74, 6) is 2.05. The van der Waals surface area contributed by atoms with Gasteiger partial charge in [-0.05, 0) is 55.5 Å². The summed E-state index contributed by atoms with van der Waals surface area (Å²) in [4.78, 5) is 22.1. The van der Waals surface area contributed by atoms with Gasteiger partial charge in [0.2, 0.25) is 0 Å². The zero-order valence-corrected chi connectivity index (χ0v) is 25.6. The van der Waals surface area contributed by atoms with E-state index in [1.165, 1.54) is 28.7 Å². The number of aromatic nitrogens is 4. The number of carbonyl (C=O) groups excluding carboxylic acids is 1. The number of methoxy groups -OCH3 is 1. The molecule has 1 fully saturated rings. The molecule has 214 valence electrons. The van der Waals surface area contributed by atoms with Crippen molar-refractivity contribution in [1.82, 2.24) is 24.6 Å². The maximum atomic E-state index is 13.3. The summed E-state index contributed by atoms with van der Waals surface area (Å²) < 4.78 is 7.28. The van der Waals surface area contributed by atoms with Crippen LogP contribution < -0.4 is 9.64 Å². The summed E-state index contributed by atoms with van der Waals surface area (Å²) in [7, 11) is 1.66. The molecule has 3 aromatic carbocycles. The molecule has 0 N–H and O–H groups in total. The van der Waals surface area contributed by atoms with Crippen LogP contribution in [0.4, 0.5) is 5.69 Å². The van der Waals surface area contributed by atoms with Gasteiger partial charge >= 0.3 is 0 Å². The third-order valence-electron chi connectivity index (χ3n) is 7.14. The number of anilines is 1. The van der Waals surface area contributed by atoms with E-state index in [2.05, 4.69) is 58.4 Å². The minimum Gasteiger partial charge on any atom is -0.497 e. The van der Waals surface area contributed by atoms with Crippen LogP contribution in [0.5, 0.6) is 5.75 Å². The number of amides is 1. The second-order valence-corrected chi connectivity index (χ2v) is 12.1. The molecule has 1 aliphatic heterocycles. The quantitative estimate of drug-likeness (QED) is 0.181. The molecule has 0 atom stereocenters. The summed E-state index contributed by atoms with van der Waals surface area (Å²) in [5.41, 5.74) is 4.56. The average molecular weight is 617 g/mol. The predicted molar refractivity (Wildman–Crippen MR) is 169 cm³/mol. The van der Waals surface area contributed by atoms with Crippen molar-refractivity contribution < 1.29 is 9.53 Å². The summed E-state index contributed by atoms with van der Waals surface area (Å²) in [6.45, 7) is 4.90. The van der Waals surface area contributed by atoms with Gasteiger partial charge in [-0.2, -0.15) is 0 Å². The zero-order chi connectivity index (χ0) is 29.1. The van der Waals surface area contributed by atoms with Gasteiger partial charge in [0.05, 0.1) is 17.9 Å². The highest BCUT2D eigenvalue weighted by molar-refractivity contribution is 7.98. The molecule has 1 amide bonds. The monoisotopic (exact) mass is 616 g/mol. The highest BCUT2D eigenvalue weighted by atomic mass is 35.5. The first-order chi connectivity index (χ1) is 20.5. The number of benzene rings is 3. The number of hydrogen-bond donors (Lipinski definition) is 0. The van der Waals surface area contributed by atoms with Gasteiger partial charge < -0.3 is 14.5 Å². The second-order valence-electron chi connectivity index (χ2n) is 9.85. The fourth-order valence-electron chi connectivity index (χ4n) is 4.83. The van der Waals surface area contributed by atoms with E-state index >= 15 is 0 Å². The van der Waals surface area contributed by atoms with E-state index in [1.54, 1.807) is 7.11 Å². The number of halogens is 1. The number of aryl methyl sites for hydroxylation is 1. The third kappa shape index (κ3) is 6.01. The Bertz CT molecular complexity index is 1680. The van der Waals surface area contributed by atoms with Crippen molar-refractivity contribution >= 4 is 46.3 Å². The summed E-state index contributed by atoms with van der Waals surface area (Å²) in [6.07, 6.45) is 0. The average Bonchev–Trinajstić information content (AvgIpc) is 3.68. The first kappa shape index (κ1) is 28.3. The predicted octanol–water partition coefficient (Wildman–Crippen LogP) is 6.62. The molecule has 1 saturated heterocycles. The molecule has 8 nitrogen and oxygen atoms in total. The molecule has 0 unspecified atom stereocenters. The van der Waals surface area contributed by atoms with E-state index in [1.807, 2.05) is 51.2 Å². The van der Waals surface area contributed by atoms with E-state index in [9.17, 15) is 4.79 Å². The molecule has 11 heteroatoms. The lowest BCUT2D eigenvalue weighted by Crippen LogP contribution is -2.48. The largest absolute Gasteiger partial charge is 0.497 e. The molecule has 1 aliphatic rings. The molecule has 42 heavy (non-hydrogen) atoms. The Morgan fingerprint density at radius 2 is 1.67 bits per heavy atom. The Morgan fingerprint density at radius 1 is 0.952 bits per heavy atom. The van der Waals surface area contributed by atoms with Gasteiger partial charge in [-0.25, -0.2) is 4.98 Å². The number of piperazine rings is 1. The van der Waals surface area contributed by atoms with E-state index in [0.29, 0.717) is 35.4 Å². The molecular formula is C31H29ClN6O2S2. The number of thiazole rings is 1. The number of rotatable bonds is 8. The fourth-order valence-corrected chi connectivity index (χ4v) is 6.79. The van der Waals surface area contributed by atoms with E-state index in [0.717, 1.165) is 45.9 Å². The summed E-state index contributed by atoms with van der Waals surface area (Å²) in [6, 6.07) is 23.9. The van der Waals surface area contributed by atoms with Crippen LogP contribution in [0.25, 0.3) is 17.1 Å². The number of thioether (sulfide) groups is 1. The topological polar surface area (TPSA) is 76.4 Å². The first-order valence-corrected chi connectivity index (χ1v) is 15.8. The lowest BCUT2D eigenvalue weighted by Gasteiger charge is -2.35. The van der Waals surface area contributed by atoms with Crippen molar-refractivity contribution in [3.8, 4) is 22.8 Å². The maximum absolute atomic E-state index is 13.3. The van der Waals surface area contributed by atoms with Crippen molar-refractivity contribution in [2.75, 3.05) is 38.2 Å². The standard InChI is InChI=1S/C31H29ClN6O2S2/c1-21-7-9-23(10-8-21)38-29(25-5-3-4-6-26(25)32)34-35-31(38)42-20-28-33-27(19-41-28)30(39)37-17-15-36(16-18-37)22-11-13-24(40-2)14-12-22/h3-14,19H,15-18,20H2,1-2H3. The van der Waals surface area contributed by atoms with Gasteiger partial charge in [-0.1, -0.05) is 53.2 Å². The van der Waals surface area contributed by atoms with Crippen LogP contribution in [-0.4, -0.2) is 63.8 Å². The van der Waals surface area contributed by atoms with Crippen molar-refractivity contribution in [3.63, 3.8) is 0 Å². The van der Waals surface area contributed by atoms with Gasteiger partial charge in [0.25, 0.3) is 5.91 Å². The van der Waals surface area contributed by atoms with Gasteiger partial charge in [-0.15, -0.1) is 21.5 Å². The number of ether oxygens (including phenoxy) is 1. The number of nitrogens with zero attached hydrogens (tertiary/aromatic N) is 6.